The Hall–Kier alpha value is -1.74. The number of nitrogens with one attached hydrogen (secondary N) is 1. The summed E-state index contributed by atoms with van der Waals surface area (Å²) < 4.78 is 1.94. The van der Waals surface area contributed by atoms with E-state index in [1.165, 1.54) is 0 Å². The van der Waals surface area contributed by atoms with Crippen LogP contribution in [0.5, 0.6) is 0 Å². The minimum absolute atomic E-state index is 0.0493. The van der Waals surface area contributed by atoms with Crippen LogP contribution in [0, 0.1) is 0 Å². The third-order valence-corrected chi connectivity index (χ3v) is 3.12. The number of hydrogen-bond acceptors (Lipinski definition) is 1. The second-order valence-corrected chi connectivity index (χ2v) is 5.03. The summed E-state index contributed by atoms with van der Waals surface area (Å²) in [5.74, 6) is 0.0493. The van der Waals surface area contributed by atoms with Crippen LogP contribution in [-0.4, -0.2) is 17.0 Å². The molecule has 0 radical (unpaired) electrons. The summed E-state index contributed by atoms with van der Waals surface area (Å²) in [4.78, 5) is 11.7. The standard InChI is InChI=1S/C15H17ClN2O/c1-18-8-6-13(11-18)10-15(19)17-7-5-12-3-2-4-14(16)9-12/h2-4,6,8-9,11H,5,7,10H2,1H3,(H,17,19). The van der Waals surface area contributed by atoms with E-state index in [-0.39, 0.29) is 5.91 Å². The second kappa shape index (κ2) is 6.43. The third-order valence-electron chi connectivity index (χ3n) is 2.88. The highest BCUT2D eigenvalue weighted by atomic mass is 35.5. The van der Waals surface area contributed by atoms with Crippen molar-refractivity contribution in [3.63, 3.8) is 0 Å². The molecule has 0 spiro atoms. The average Bonchev–Trinajstić information content (AvgIpc) is 2.75. The molecule has 100 valence electrons. The number of carbonyl (C=O) groups is 1. The summed E-state index contributed by atoms with van der Waals surface area (Å²) in [5, 5.41) is 3.65. The van der Waals surface area contributed by atoms with E-state index in [4.69, 9.17) is 11.6 Å². The lowest BCUT2D eigenvalue weighted by Crippen LogP contribution is -2.27. The Morgan fingerprint density at radius 2 is 2.16 bits per heavy atom. The number of amides is 1. The SMILES string of the molecule is Cn1ccc(CC(=O)NCCc2cccc(Cl)c2)c1. The lowest BCUT2D eigenvalue weighted by Gasteiger charge is -2.05. The Balaban J connectivity index is 1.75. The number of rotatable bonds is 5. The summed E-state index contributed by atoms with van der Waals surface area (Å²) >= 11 is 5.91. The molecule has 0 bridgehead atoms. The molecule has 1 aromatic heterocycles. The Morgan fingerprint density at radius 1 is 1.32 bits per heavy atom. The number of aromatic nitrogens is 1. The Labute approximate surface area is 118 Å². The van der Waals surface area contributed by atoms with Crippen LogP contribution in [0.15, 0.2) is 42.7 Å². The maximum atomic E-state index is 11.7. The molecule has 0 fully saturated rings. The molecule has 19 heavy (non-hydrogen) atoms. The zero-order chi connectivity index (χ0) is 13.7. The van der Waals surface area contributed by atoms with Gasteiger partial charge in [0.1, 0.15) is 0 Å². The smallest absolute Gasteiger partial charge is 0.224 e. The van der Waals surface area contributed by atoms with Crippen molar-refractivity contribution < 1.29 is 4.79 Å². The first-order valence-corrected chi connectivity index (χ1v) is 6.63. The number of nitrogens with zero attached hydrogens (tertiary/aromatic N) is 1. The largest absolute Gasteiger partial charge is 0.357 e. The lowest BCUT2D eigenvalue weighted by atomic mass is 10.1. The number of carbonyl (C=O) groups excluding carboxylic acids is 1. The highest BCUT2D eigenvalue weighted by molar-refractivity contribution is 6.30. The van der Waals surface area contributed by atoms with Gasteiger partial charge in [-0.1, -0.05) is 23.7 Å². The molecule has 4 heteroatoms. The van der Waals surface area contributed by atoms with Gasteiger partial charge < -0.3 is 9.88 Å². The monoisotopic (exact) mass is 276 g/mol. The number of halogens is 1. The number of hydrogen-bond donors (Lipinski definition) is 1. The molecule has 3 nitrogen and oxygen atoms in total. The van der Waals surface area contributed by atoms with Crippen molar-refractivity contribution in [2.45, 2.75) is 12.8 Å². The summed E-state index contributed by atoms with van der Waals surface area (Å²) in [6, 6.07) is 9.65. The van der Waals surface area contributed by atoms with E-state index in [0.717, 1.165) is 22.6 Å². The van der Waals surface area contributed by atoms with Crippen molar-refractivity contribution in [1.29, 1.82) is 0 Å². The fourth-order valence-electron chi connectivity index (χ4n) is 1.95. The molecule has 0 aliphatic rings. The predicted octanol–water partition coefficient (Wildman–Crippen LogP) is 2.58. The number of benzene rings is 1. The van der Waals surface area contributed by atoms with Crippen LogP contribution in [0.4, 0.5) is 0 Å². The van der Waals surface area contributed by atoms with Crippen molar-refractivity contribution in [1.82, 2.24) is 9.88 Å². The summed E-state index contributed by atoms with van der Waals surface area (Å²) in [6.45, 7) is 0.631. The maximum Gasteiger partial charge on any atom is 0.224 e. The van der Waals surface area contributed by atoms with Gasteiger partial charge in [0.15, 0.2) is 0 Å². The Bertz CT molecular complexity index is 563. The first-order valence-electron chi connectivity index (χ1n) is 6.25. The molecular weight excluding hydrogens is 260 g/mol. The minimum Gasteiger partial charge on any atom is -0.357 e. The van der Waals surface area contributed by atoms with Gasteiger partial charge in [0.2, 0.25) is 5.91 Å². The van der Waals surface area contributed by atoms with Crippen molar-refractivity contribution >= 4 is 17.5 Å². The first kappa shape index (κ1) is 13.7. The summed E-state index contributed by atoms with van der Waals surface area (Å²) in [7, 11) is 1.94. The van der Waals surface area contributed by atoms with E-state index < -0.39 is 0 Å². The molecule has 0 unspecified atom stereocenters. The van der Waals surface area contributed by atoms with E-state index in [9.17, 15) is 4.79 Å². The fraction of sp³-hybridized carbons (Fsp3) is 0.267. The normalized spacial score (nSPS) is 10.4. The van der Waals surface area contributed by atoms with Gasteiger partial charge in [0.25, 0.3) is 0 Å². The topological polar surface area (TPSA) is 34.0 Å². The van der Waals surface area contributed by atoms with Crippen LogP contribution in [-0.2, 0) is 24.7 Å². The molecule has 1 aromatic carbocycles. The van der Waals surface area contributed by atoms with Crippen LogP contribution in [0.2, 0.25) is 5.02 Å². The van der Waals surface area contributed by atoms with Gasteiger partial charge in [-0.05, 0) is 35.7 Å². The highest BCUT2D eigenvalue weighted by Gasteiger charge is 2.04. The van der Waals surface area contributed by atoms with E-state index in [2.05, 4.69) is 5.32 Å². The van der Waals surface area contributed by atoms with E-state index in [1.807, 2.05) is 54.3 Å². The molecular formula is C15H17ClN2O. The average molecular weight is 277 g/mol. The molecule has 1 amide bonds. The van der Waals surface area contributed by atoms with Crippen molar-refractivity contribution in [2.24, 2.45) is 7.05 Å². The van der Waals surface area contributed by atoms with Crippen LogP contribution in [0.1, 0.15) is 11.1 Å². The van der Waals surface area contributed by atoms with Gasteiger partial charge >= 0.3 is 0 Å². The first-order chi connectivity index (χ1) is 9.13. The molecule has 0 aliphatic carbocycles. The fourth-order valence-corrected chi connectivity index (χ4v) is 2.17. The molecule has 0 saturated heterocycles. The van der Waals surface area contributed by atoms with Crippen LogP contribution >= 0.6 is 11.6 Å². The van der Waals surface area contributed by atoms with Gasteiger partial charge in [0.05, 0.1) is 6.42 Å². The Morgan fingerprint density at radius 3 is 2.84 bits per heavy atom. The van der Waals surface area contributed by atoms with Gasteiger partial charge in [-0.2, -0.15) is 0 Å². The van der Waals surface area contributed by atoms with E-state index in [0.29, 0.717) is 13.0 Å². The van der Waals surface area contributed by atoms with E-state index in [1.54, 1.807) is 0 Å². The zero-order valence-electron chi connectivity index (χ0n) is 10.9. The minimum atomic E-state index is 0.0493. The molecule has 0 aliphatic heterocycles. The number of aryl methyl sites for hydroxylation is 1. The van der Waals surface area contributed by atoms with Crippen molar-refractivity contribution in [3.05, 3.63) is 58.9 Å². The molecule has 2 aromatic rings. The summed E-state index contributed by atoms with van der Waals surface area (Å²) in [6.07, 6.45) is 5.11. The molecule has 2 rings (SSSR count). The zero-order valence-corrected chi connectivity index (χ0v) is 11.7. The van der Waals surface area contributed by atoms with Crippen LogP contribution in [0.3, 0.4) is 0 Å². The molecule has 1 N–H and O–H groups in total. The van der Waals surface area contributed by atoms with Gasteiger partial charge in [-0.25, -0.2) is 0 Å². The van der Waals surface area contributed by atoms with E-state index >= 15 is 0 Å². The highest BCUT2D eigenvalue weighted by Crippen LogP contribution is 2.10. The van der Waals surface area contributed by atoms with Crippen molar-refractivity contribution in [3.8, 4) is 0 Å². The second-order valence-electron chi connectivity index (χ2n) is 4.59. The van der Waals surface area contributed by atoms with Gasteiger partial charge in [-0.15, -0.1) is 0 Å². The third kappa shape index (κ3) is 4.45. The summed E-state index contributed by atoms with van der Waals surface area (Å²) in [5.41, 5.74) is 2.16. The van der Waals surface area contributed by atoms with Crippen LogP contribution < -0.4 is 5.32 Å². The van der Waals surface area contributed by atoms with Crippen LogP contribution in [0.25, 0.3) is 0 Å². The van der Waals surface area contributed by atoms with Crippen molar-refractivity contribution in [2.75, 3.05) is 6.54 Å². The molecule has 0 saturated carbocycles. The quantitative estimate of drug-likeness (QED) is 0.895. The molecule has 0 atom stereocenters. The van der Waals surface area contributed by atoms with Gasteiger partial charge in [-0.3, -0.25) is 4.79 Å². The van der Waals surface area contributed by atoms with Gasteiger partial charge in [0, 0.05) is 31.0 Å². The lowest BCUT2D eigenvalue weighted by molar-refractivity contribution is -0.120. The predicted molar refractivity (Wildman–Crippen MR) is 77.3 cm³/mol. The maximum absolute atomic E-state index is 11.7. The molecule has 1 heterocycles. The Kier molecular flexibility index (Phi) is 4.63.